The summed E-state index contributed by atoms with van der Waals surface area (Å²) in [5.41, 5.74) is 1.01. The molecule has 1 aromatic carbocycles. The van der Waals surface area contributed by atoms with Gasteiger partial charge in [0.05, 0.1) is 11.1 Å². The van der Waals surface area contributed by atoms with Gasteiger partial charge in [-0.1, -0.05) is 23.4 Å². The van der Waals surface area contributed by atoms with Crippen molar-refractivity contribution in [1.29, 1.82) is 0 Å². The lowest BCUT2D eigenvalue weighted by molar-refractivity contribution is -0.146. The van der Waals surface area contributed by atoms with Crippen LogP contribution in [-0.2, 0) is 11.3 Å². The first-order valence-electron chi connectivity index (χ1n) is 9.66. The summed E-state index contributed by atoms with van der Waals surface area (Å²) in [5.74, 6) is 0.0966. The molecule has 0 N–H and O–H groups in total. The highest BCUT2D eigenvalue weighted by Gasteiger charge is 2.49. The van der Waals surface area contributed by atoms with Gasteiger partial charge in [-0.25, -0.2) is 4.39 Å². The van der Waals surface area contributed by atoms with Crippen molar-refractivity contribution in [3.63, 3.8) is 0 Å². The lowest BCUT2D eigenvalue weighted by Gasteiger charge is -2.39. The number of amides is 2. The Labute approximate surface area is 163 Å². The van der Waals surface area contributed by atoms with Crippen molar-refractivity contribution in [2.24, 2.45) is 5.41 Å². The van der Waals surface area contributed by atoms with E-state index in [1.165, 1.54) is 6.07 Å². The number of hydrogen-bond donors (Lipinski definition) is 0. The number of halogens is 1. The molecule has 6 nitrogen and oxygen atoms in total. The smallest absolute Gasteiger partial charge is 0.259 e. The van der Waals surface area contributed by atoms with E-state index in [2.05, 4.69) is 5.16 Å². The Balaban J connectivity index is 1.51. The minimum absolute atomic E-state index is 0.0241. The van der Waals surface area contributed by atoms with Crippen molar-refractivity contribution in [2.45, 2.75) is 39.7 Å². The molecule has 2 aliphatic rings. The number of likely N-dealkylation sites (tertiary alicyclic amines) is 2. The second-order valence-corrected chi connectivity index (χ2v) is 7.88. The highest BCUT2D eigenvalue weighted by Crippen LogP contribution is 2.41. The van der Waals surface area contributed by atoms with E-state index in [1.807, 2.05) is 0 Å². The first-order chi connectivity index (χ1) is 13.4. The summed E-state index contributed by atoms with van der Waals surface area (Å²) in [7, 11) is 0. The summed E-state index contributed by atoms with van der Waals surface area (Å²) in [5, 5.41) is 3.86. The number of carbonyl (C=O) groups excluding carboxylic acids is 2. The average Bonchev–Trinajstić information content (AvgIpc) is 3.25. The van der Waals surface area contributed by atoms with Crippen molar-refractivity contribution >= 4 is 11.8 Å². The first-order valence-corrected chi connectivity index (χ1v) is 9.66. The number of aromatic nitrogens is 1. The average molecular weight is 385 g/mol. The topological polar surface area (TPSA) is 66.7 Å². The van der Waals surface area contributed by atoms with E-state index in [4.69, 9.17) is 4.52 Å². The van der Waals surface area contributed by atoms with E-state index in [9.17, 15) is 14.0 Å². The molecule has 1 spiro atoms. The van der Waals surface area contributed by atoms with Gasteiger partial charge in [-0.15, -0.1) is 0 Å². The molecule has 2 aromatic rings. The standard InChI is InChI=1S/C21H24FN3O3/c1-14-18(15(2)28-23-14)19(26)25-11-9-21(13-25)8-5-10-24(20(21)27)12-16-6-3-4-7-17(16)22/h3-4,6-7H,5,8-13H2,1-2H3/t21-/m0/s1. The fourth-order valence-corrected chi connectivity index (χ4v) is 4.51. The van der Waals surface area contributed by atoms with E-state index in [0.717, 1.165) is 12.8 Å². The molecular weight excluding hydrogens is 361 g/mol. The SMILES string of the molecule is Cc1noc(C)c1C(=O)N1CC[C@@]2(CCCN(Cc3ccccc3F)C2=O)C1. The van der Waals surface area contributed by atoms with Crippen LogP contribution in [0.3, 0.4) is 0 Å². The molecule has 0 bridgehead atoms. The van der Waals surface area contributed by atoms with Gasteiger partial charge in [0, 0.05) is 31.7 Å². The number of benzene rings is 1. The van der Waals surface area contributed by atoms with E-state index in [0.29, 0.717) is 48.6 Å². The normalized spacial score (nSPS) is 22.3. The molecule has 0 radical (unpaired) electrons. The van der Waals surface area contributed by atoms with Crippen LogP contribution in [0.25, 0.3) is 0 Å². The predicted molar refractivity (Wildman–Crippen MR) is 100.0 cm³/mol. The Morgan fingerprint density at radius 2 is 2.04 bits per heavy atom. The zero-order chi connectivity index (χ0) is 19.9. The molecule has 4 rings (SSSR count). The van der Waals surface area contributed by atoms with Crippen LogP contribution in [0.4, 0.5) is 4.39 Å². The third-order valence-corrected chi connectivity index (χ3v) is 6.03. The summed E-state index contributed by atoms with van der Waals surface area (Å²) in [6, 6.07) is 6.56. The molecule has 3 heterocycles. The van der Waals surface area contributed by atoms with Crippen molar-refractivity contribution < 1.29 is 18.5 Å². The van der Waals surface area contributed by atoms with Crippen LogP contribution in [0.5, 0.6) is 0 Å². The maximum Gasteiger partial charge on any atom is 0.259 e. The van der Waals surface area contributed by atoms with Crippen LogP contribution in [0.1, 0.15) is 46.6 Å². The predicted octanol–water partition coefficient (Wildman–Crippen LogP) is 3.09. The van der Waals surface area contributed by atoms with E-state index < -0.39 is 5.41 Å². The van der Waals surface area contributed by atoms with Crippen LogP contribution < -0.4 is 0 Å². The molecule has 2 fully saturated rings. The quantitative estimate of drug-likeness (QED) is 0.814. The zero-order valence-corrected chi connectivity index (χ0v) is 16.2. The van der Waals surface area contributed by atoms with Crippen molar-refractivity contribution in [1.82, 2.24) is 15.0 Å². The number of carbonyl (C=O) groups is 2. The molecule has 0 saturated carbocycles. The molecular formula is C21H24FN3O3. The van der Waals surface area contributed by atoms with Crippen molar-refractivity contribution in [2.75, 3.05) is 19.6 Å². The Kier molecular flexibility index (Phi) is 4.69. The van der Waals surface area contributed by atoms with Crippen molar-refractivity contribution in [3.8, 4) is 0 Å². The highest BCUT2D eigenvalue weighted by atomic mass is 19.1. The minimum atomic E-state index is -0.571. The van der Waals surface area contributed by atoms with E-state index in [1.54, 1.807) is 41.8 Å². The second kappa shape index (κ2) is 7.04. The molecule has 1 aromatic heterocycles. The third-order valence-electron chi connectivity index (χ3n) is 6.03. The number of aryl methyl sites for hydroxylation is 2. The Morgan fingerprint density at radius 3 is 2.75 bits per heavy atom. The van der Waals surface area contributed by atoms with Gasteiger partial charge >= 0.3 is 0 Å². The minimum Gasteiger partial charge on any atom is -0.361 e. The van der Waals surface area contributed by atoms with Crippen LogP contribution in [-0.4, -0.2) is 46.4 Å². The van der Waals surface area contributed by atoms with Gasteiger partial charge in [0.15, 0.2) is 0 Å². The molecule has 28 heavy (non-hydrogen) atoms. The third kappa shape index (κ3) is 3.08. The first kappa shape index (κ1) is 18.7. The molecule has 0 unspecified atom stereocenters. The summed E-state index contributed by atoms with van der Waals surface area (Å²) in [4.78, 5) is 29.7. The second-order valence-electron chi connectivity index (χ2n) is 7.88. The fraction of sp³-hybridized carbons (Fsp3) is 0.476. The molecule has 2 saturated heterocycles. The van der Waals surface area contributed by atoms with Gasteiger partial charge < -0.3 is 14.3 Å². The van der Waals surface area contributed by atoms with Gasteiger partial charge in [0.2, 0.25) is 5.91 Å². The van der Waals surface area contributed by atoms with Gasteiger partial charge in [-0.2, -0.15) is 0 Å². The van der Waals surface area contributed by atoms with Gasteiger partial charge in [-0.3, -0.25) is 9.59 Å². The molecule has 2 amide bonds. The maximum atomic E-state index is 14.0. The number of hydrogen-bond acceptors (Lipinski definition) is 4. The van der Waals surface area contributed by atoms with E-state index in [-0.39, 0.29) is 24.2 Å². The van der Waals surface area contributed by atoms with Crippen molar-refractivity contribution in [3.05, 3.63) is 52.7 Å². The summed E-state index contributed by atoms with van der Waals surface area (Å²) in [6.07, 6.45) is 2.24. The Hall–Kier alpha value is -2.70. The fourth-order valence-electron chi connectivity index (χ4n) is 4.51. The Morgan fingerprint density at radius 1 is 1.25 bits per heavy atom. The highest BCUT2D eigenvalue weighted by molar-refractivity contribution is 5.97. The van der Waals surface area contributed by atoms with Gasteiger partial charge in [0.25, 0.3) is 5.91 Å². The molecule has 1 atom stereocenters. The Bertz CT molecular complexity index is 906. The number of nitrogens with zero attached hydrogens (tertiary/aromatic N) is 3. The molecule has 148 valence electrons. The zero-order valence-electron chi connectivity index (χ0n) is 16.2. The van der Waals surface area contributed by atoms with Crippen LogP contribution in [0.2, 0.25) is 0 Å². The van der Waals surface area contributed by atoms with Crippen LogP contribution >= 0.6 is 0 Å². The molecule has 2 aliphatic heterocycles. The maximum absolute atomic E-state index is 14.0. The summed E-state index contributed by atoms with van der Waals surface area (Å²) >= 11 is 0. The summed E-state index contributed by atoms with van der Waals surface area (Å²) < 4.78 is 19.2. The largest absolute Gasteiger partial charge is 0.361 e. The number of piperidine rings is 1. The lowest BCUT2D eigenvalue weighted by Crippen LogP contribution is -2.50. The molecule has 0 aliphatic carbocycles. The van der Waals surface area contributed by atoms with Gasteiger partial charge in [-0.05, 0) is 39.2 Å². The summed E-state index contributed by atoms with van der Waals surface area (Å²) in [6.45, 7) is 5.28. The number of rotatable bonds is 3. The van der Waals surface area contributed by atoms with Gasteiger partial charge in [0.1, 0.15) is 17.1 Å². The van der Waals surface area contributed by atoms with Crippen LogP contribution in [0.15, 0.2) is 28.8 Å². The van der Waals surface area contributed by atoms with Crippen LogP contribution in [0, 0.1) is 25.1 Å². The molecule has 7 heteroatoms. The van der Waals surface area contributed by atoms with E-state index >= 15 is 0 Å². The monoisotopic (exact) mass is 385 g/mol. The lowest BCUT2D eigenvalue weighted by atomic mass is 9.78.